The molecule has 6 heteroatoms. The first-order valence-electron chi connectivity index (χ1n) is 7.18. The monoisotopic (exact) mass is 291 g/mol. The number of aromatic nitrogens is 2. The summed E-state index contributed by atoms with van der Waals surface area (Å²) in [4.78, 5) is 12.4. The summed E-state index contributed by atoms with van der Waals surface area (Å²) in [5, 5.41) is 3.20. The van der Waals surface area contributed by atoms with Crippen molar-refractivity contribution in [1.29, 1.82) is 0 Å². The average Bonchev–Trinajstić information content (AvgIpc) is 3.13. The molecule has 108 valence electrons. The summed E-state index contributed by atoms with van der Waals surface area (Å²) in [6.07, 6.45) is 3.68. The van der Waals surface area contributed by atoms with E-state index in [0.29, 0.717) is 11.4 Å². The summed E-state index contributed by atoms with van der Waals surface area (Å²) in [5.74, 6) is 7.02. The number of hydrogen-bond donors (Lipinski definition) is 2. The molecule has 3 heterocycles. The molecule has 0 bridgehead atoms. The van der Waals surface area contributed by atoms with E-state index in [4.69, 9.17) is 5.84 Å². The van der Waals surface area contributed by atoms with Crippen molar-refractivity contribution in [2.24, 2.45) is 11.3 Å². The zero-order chi connectivity index (χ0) is 14.2. The van der Waals surface area contributed by atoms with Gasteiger partial charge in [-0.3, -0.25) is 5.43 Å². The molecule has 3 rings (SSSR count). The second-order valence-corrected chi connectivity index (χ2v) is 6.43. The van der Waals surface area contributed by atoms with Crippen LogP contribution in [-0.2, 0) is 0 Å². The molecule has 0 radical (unpaired) electrons. The Hall–Kier alpha value is -1.40. The zero-order valence-electron chi connectivity index (χ0n) is 12.0. The molecular formula is C14H21N5S. The standard InChI is InChI=1S/C14H21N5S/c1-3-14(4-2)6-7-19(9-14)11-10-5-8-20-12(10)17-13(16-11)18-15/h5,8H,3-4,6-7,9,15H2,1-2H3,(H,16,17,18). The van der Waals surface area contributed by atoms with Gasteiger partial charge in [0, 0.05) is 13.1 Å². The fourth-order valence-electron chi connectivity index (χ4n) is 3.09. The third kappa shape index (κ3) is 2.13. The summed E-state index contributed by atoms with van der Waals surface area (Å²) in [7, 11) is 0. The van der Waals surface area contributed by atoms with Crippen molar-refractivity contribution in [1.82, 2.24) is 9.97 Å². The van der Waals surface area contributed by atoms with Gasteiger partial charge in [0.05, 0.1) is 5.39 Å². The molecule has 1 fully saturated rings. The fraction of sp³-hybridized carbons (Fsp3) is 0.571. The molecule has 0 unspecified atom stereocenters. The number of thiophene rings is 1. The largest absolute Gasteiger partial charge is 0.355 e. The van der Waals surface area contributed by atoms with Gasteiger partial charge >= 0.3 is 0 Å². The van der Waals surface area contributed by atoms with Gasteiger partial charge in [0.2, 0.25) is 5.95 Å². The van der Waals surface area contributed by atoms with Gasteiger partial charge < -0.3 is 4.90 Å². The van der Waals surface area contributed by atoms with Gasteiger partial charge in [-0.2, -0.15) is 4.98 Å². The van der Waals surface area contributed by atoms with Crippen LogP contribution in [0, 0.1) is 5.41 Å². The summed E-state index contributed by atoms with van der Waals surface area (Å²) in [6, 6.07) is 2.10. The summed E-state index contributed by atoms with van der Waals surface area (Å²) in [6.45, 7) is 6.72. The number of fused-ring (bicyclic) bond motifs is 1. The van der Waals surface area contributed by atoms with E-state index < -0.39 is 0 Å². The lowest BCUT2D eigenvalue weighted by molar-refractivity contribution is 0.301. The lowest BCUT2D eigenvalue weighted by Gasteiger charge is -2.27. The Kier molecular flexibility index (Phi) is 3.52. The maximum atomic E-state index is 5.49. The summed E-state index contributed by atoms with van der Waals surface area (Å²) in [5.41, 5.74) is 3.01. The number of rotatable bonds is 4. The minimum atomic E-state index is 0.434. The first kappa shape index (κ1) is 13.6. The molecule has 1 aliphatic heterocycles. The quantitative estimate of drug-likeness (QED) is 0.669. The fourth-order valence-corrected chi connectivity index (χ4v) is 3.85. The smallest absolute Gasteiger partial charge is 0.240 e. The van der Waals surface area contributed by atoms with Crippen molar-refractivity contribution < 1.29 is 0 Å². The van der Waals surface area contributed by atoms with Crippen LogP contribution in [0.3, 0.4) is 0 Å². The molecule has 1 aliphatic rings. The predicted octanol–water partition coefficient (Wildman–Crippen LogP) is 2.99. The Morgan fingerprint density at radius 1 is 1.40 bits per heavy atom. The number of nitrogen functional groups attached to an aromatic ring is 1. The van der Waals surface area contributed by atoms with Crippen LogP contribution in [0.15, 0.2) is 11.4 Å². The van der Waals surface area contributed by atoms with Crippen LogP contribution in [0.4, 0.5) is 11.8 Å². The zero-order valence-corrected chi connectivity index (χ0v) is 12.8. The number of nitrogens with one attached hydrogen (secondary N) is 1. The van der Waals surface area contributed by atoms with E-state index in [1.165, 1.54) is 19.3 Å². The highest BCUT2D eigenvalue weighted by molar-refractivity contribution is 7.16. The number of hydrazine groups is 1. The average molecular weight is 291 g/mol. The topological polar surface area (TPSA) is 67.1 Å². The van der Waals surface area contributed by atoms with Crippen molar-refractivity contribution in [2.45, 2.75) is 33.1 Å². The van der Waals surface area contributed by atoms with Crippen LogP contribution < -0.4 is 16.2 Å². The molecule has 0 aliphatic carbocycles. The lowest BCUT2D eigenvalue weighted by atomic mass is 9.82. The maximum Gasteiger partial charge on any atom is 0.240 e. The van der Waals surface area contributed by atoms with Crippen LogP contribution in [0.5, 0.6) is 0 Å². The van der Waals surface area contributed by atoms with E-state index in [-0.39, 0.29) is 0 Å². The maximum absolute atomic E-state index is 5.49. The molecule has 5 nitrogen and oxygen atoms in total. The molecule has 0 aromatic carbocycles. The van der Waals surface area contributed by atoms with Crippen LogP contribution in [0.1, 0.15) is 33.1 Å². The third-order valence-corrected chi connectivity index (χ3v) is 5.48. The van der Waals surface area contributed by atoms with Crippen molar-refractivity contribution in [2.75, 3.05) is 23.4 Å². The molecular weight excluding hydrogens is 270 g/mol. The Labute approximate surface area is 123 Å². The Morgan fingerprint density at radius 3 is 2.85 bits per heavy atom. The third-order valence-electron chi connectivity index (χ3n) is 4.67. The number of nitrogens with two attached hydrogens (primary N) is 1. The van der Waals surface area contributed by atoms with Crippen molar-refractivity contribution in [3.8, 4) is 0 Å². The van der Waals surface area contributed by atoms with Crippen LogP contribution in [-0.4, -0.2) is 23.1 Å². The minimum Gasteiger partial charge on any atom is -0.355 e. The lowest BCUT2D eigenvalue weighted by Crippen LogP contribution is -2.27. The van der Waals surface area contributed by atoms with E-state index >= 15 is 0 Å². The molecule has 20 heavy (non-hydrogen) atoms. The van der Waals surface area contributed by atoms with Gasteiger partial charge in [0.15, 0.2) is 0 Å². The van der Waals surface area contributed by atoms with Gasteiger partial charge in [0.1, 0.15) is 10.6 Å². The minimum absolute atomic E-state index is 0.434. The van der Waals surface area contributed by atoms with Crippen molar-refractivity contribution >= 4 is 33.3 Å². The Bertz CT molecular complexity index is 605. The molecule has 3 N–H and O–H groups in total. The Morgan fingerprint density at radius 2 is 2.20 bits per heavy atom. The molecule has 0 amide bonds. The molecule has 0 spiro atoms. The normalized spacial score (nSPS) is 17.9. The van der Waals surface area contributed by atoms with E-state index in [9.17, 15) is 0 Å². The molecule has 0 atom stereocenters. The predicted molar refractivity (Wildman–Crippen MR) is 85.1 cm³/mol. The first-order chi connectivity index (χ1) is 9.71. The van der Waals surface area contributed by atoms with Gasteiger partial charge in [-0.1, -0.05) is 13.8 Å². The van der Waals surface area contributed by atoms with Crippen LogP contribution in [0.25, 0.3) is 10.2 Å². The molecule has 2 aromatic heterocycles. The number of hydrogen-bond acceptors (Lipinski definition) is 6. The summed E-state index contributed by atoms with van der Waals surface area (Å²) >= 11 is 1.63. The molecule has 2 aromatic rings. The Balaban J connectivity index is 2.00. The SMILES string of the molecule is CCC1(CC)CCN(c2nc(NN)nc3sccc23)C1. The van der Waals surface area contributed by atoms with Gasteiger partial charge in [-0.25, -0.2) is 10.8 Å². The highest BCUT2D eigenvalue weighted by atomic mass is 32.1. The summed E-state index contributed by atoms with van der Waals surface area (Å²) < 4.78 is 0. The van der Waals surface area contributed by atoms with Crippen molar-refractivity contribution in [3.05, 3.63) is 11.4 Å². The van der Waals surface area contributed by atoms with E-state index in [2.05, 4.69) is 45.6 Å². The molecule has 0 saturated carbocycles. The van der Waals surface area contributed by atoms with Gasteiger partial charge in [0.25, 0.3) is 0 Å². The van der Waals surface area contributed by atoms with E-state index in [0.717, 1.165) is 29.1 Å². The second kappa shape index (κ2) is 5.18. The van der Waals surface area contributed by atoms with Crippen LogP contribution in [0.2, 0.25) is 0 Å². The highest BCUT2D eigenvalue weighted by Crippen LogP contribution is 2.40. The van der Waals surface area contributed by atoms with Gasteiger partial charge in [-0.05, 0) is 36.1 Å². The van der Waals surface area contributed by atoms with Crippen LogP contribution >= 0.6 is 11.3 Å². The molecule has 1 saturated heterocycles. The number of anilines is 2. The first-order valence-corrected chi connectivity index (χ1v) is 8.06. The van der Waals surface area contributed by atoms with E-state index in [1.807, 2.05) is 0 Å². The highest BCUT2D eigenvalue weighted by Gasteiger charge is 2.36. The number of nitrogens with zero attached hydrogens (tertiary/aromatic N) is 3. The van der Waals surface area contributed by atoms with E-state index in [1.54, 1.807) is 11.3 Å². The van der Waals surface area contributed by atoms with Gasteiger partial charge in [-0.15, -0.1) is 11.3 Å². The van der Waals surface area contributed by atoms with Crippen molar-refractivity contribution in [3.63, 3.8) is 0 Å². The second-order valence-electron chi connectivity index (χ2n) is 5.53.